The molecule has 0 unspecified atom stereocenters. The molecule has 1 saturated heterocycles. The van der Waals surface area contributed by atoms with E-state index in [2.05, 4.69) is 19.2 Å². The van der Waals surface area contributed by atoms with Gasteiger partial charge in [-0.1, -0.05) is 136 Å². The highest BCUT2D eigenvalue weighted by Crippen LogP contribution is 2.23. The Bertz CT molecular complexity index is 652. The van der Waals surface area contributed by atoms with Crippen LogP contribution in [-0.4, -0.2) is 87.5 Å². The predicted molar refractivity (Wildman–Crippen MR) is 171 cm³/mol. The van der Waals surface area contributed by atoms with Crippen LogP contribution in [0.15, 0.2) is 0 Å². The second-order valence-electron chi connectivity index (χ2n) is 12.7. The molecule has 0 spiro atoms. The molecule has 6 N–H and O–H groups in total. The lowest BCUT2D eigenvalue weighted by atomic mass is 9.99. The van der Waals surface area contributed by atoms with Gasteiger partial charge in [0.1, 0.15) is 24.4 Å². The van der Waals surface area contributed by atoms with Gasteiger partial charge in [-0.3, -0.25) is 4.79 Å². The average molecular weight is 618 g/mol. The lowest BCUT2D eigenvalue weighted by Crippen LogP contribution is -2.60. The van der Waals surface area contributed by atoms with Gasteiger partial charge in [-0.2, -0.15) is 0 Å². The number of hydrogen-bond acceptors (Lipinski definition) is 8. The molecule has 0 aliphatic carbocycles. The summed E-state index contributed by atoms with van der Waals surface area (Å²) in [6, 6.07) is -0.707. The number of carbonyl (C=O) groups excluding carboxylic acids is 1. The third-order valence-corrected chi connectivity index (χ3v) is 8.71. The molecule has 7 atom stereocenters. The van der Waals surface area contributed by atoms with Crippen molar-refractivity contribution in [2.75, 3.05) is 13.2 Å². The number of unbranched alkanes of at least 4 members (excludes halogenated alkanes) is 18. The first-order valence-corrected chi connectivity index (χ1v) is 17.7. The standard InChI is InChI=1S/C34H67NO8/c1-3-5-7-9-11-13-14-16-18-20-22-24-30(38)35-27(28(37)23-21-19-17-15-12-10-8-6-4-2)26-42-34-33(41)32(40)31(39)29(25-36)43-34/h27-29,31-34,36-37,39-41H,3-26H2,1-2H3,(H,35,38)/t27-,28+,29+,31-,32-,33+,34-/m0/s1. The van der Waals surface area contributed by atoms with Gasteiger partial charge < -0.3 is 40.3 Å². The third kappa shape index (κ3) is 18.7. The van der Waals surface area contributed by atoms with Crippen LogP contribution in [0.4, 0.5) is 0 Å². The van der Waals surface area contributed by atoms with Crippen molar-refractivity contribution in [1.82, 2.24) is 5.32 Å². The van der Waals surface area contributed by atoms with Crippen LogP contribution < -0.4 is 5.32 Å². The Balaban J connectivity index is 2.46. The van der Waals surface area contributed by atoms with Crippen LogP contribution in [0, 0.1) is 0 Å². The quantitative estimate of drug-likeness (QED) is 0.0651. The Morgan fingerprint density at radius 3 is 1.65 bits per heavy atom. The summed E-state index contributed by atoms with van der Waals surface area (Å²) in [4.78, 5) is 12.8. The molecule has 43 heavy (non-hydrogen) atoms. The highest BCUT2D eigenvalue weighted by molar-refractivity contribution is 5.76. The van der Waals surface area contributed by atoms with Crippen molar-refractivity contribution in [2.24, 2.45) is 0 Å². The molecule has 9 heteroatoms. The molecule has 0 aromatic rings. The summed E-state index contributed by atoms with van der Waals surface area (Å²) in [5.74, 6) is -0.149. The van der Waals surface area contributed by atoms with Crippen LogP contribution in [0.25, 0.3) is 0 Å². The molecular weight excluding hydrogens is 550 g/mol. The van der Waals surface area contributed by atoms with Crippen LogP contribution in [0.3, 0.4) is 0 Å². The lowest BCUT2D eigenvalue weighted by molar-refractivity contribution is -0.302. The molecule has 1 aliphatic rings. The van der Waals surface area contributed by atoms with Crippen molar-refractivity contribution in [2.45, 2.75) is 198 Å². The highest BCUT2D eigenvalue weighted by Gasteiger charge is 2.44. The fraction of sp³-hybridized carbons (Fsp3) is 0.971. The number of aliphatic hydroxyl groups excluding tert-OH is 5. The molecule has 0 saturated carbocycles. The number of ether oxygens (including phenoxy) is 2. The van der Waals surface area contributed by atoms with Crippen molar-refractivity contribution < 1.29 is 39.8 Å². The summed E-state index contributed by atoms with van der Waals surface area (Å²) in [6.45, 7) is 3.77. The van der Waals surface area contributed by atoms with E-state index >= 15 is 0 Å². The highest BCUT2D eigenvalue weighted by atomic mass is 16.7. The van der Waals surface area contributed by atoms with Gasteiger partial charge >= 0.3 is 0 Å². The second-order valence-corrected chi connectivity index (χ2v) is 12.7. The monoisotopic (exact) mass is 617 g/mol. The fourth-order valence-electron chi connectivity index (χ4n) is 5.75. The van der Waals surface area contributed by atoms with E-state index in [-0.39, 0.29) is 12.5 Å². The first-order valence-electron chi connectivity index (χ1n) is 17.7. The van der Waals surface area contributed by atoms with Crippen LogP contribution in [0.5, 0.6) is 0 Å². The number of carbonyl (C=O) groups is 1. The van der Waals surface area contributed by atoms with E-state index in [1.54, 1.807) is 0 Å². The largest absolute Gasteiger partial charge is 0.394 e. The van der Waals surface area contributed by atoms with E-state index in [0.29, 0.717) is 12.8 Å². The molecule has 1 amide bonds. The second kappa shape index (κ2) is 26.4. The first kappa shape index (κ1) is 40.2. The van der Waals surface area contributed by atoms with Gasteiger partial charge in [-0.25, -0.2) is 0 Å². The number of rotatable bonds is 28. The molecule has 1 aliphatic heterocycles. The lowest BCUT2D eigenvalue weighted by Gasteiger charge is -2.40. The van der Waals surface area contributed by atoms with Crippen LogP contribution in [-0.2, 0) is 14.3 Å². The van der Waals surface area contributed by atoms with E-state index in [4.69, 9.17) is 9.47 Å². The molecule has 0 radical (unpaired) electrons. The average Bonchev–Trinajstić information content (AvgIpc) is 3.00. The molecule has 0 bridgehead atoms. The molecule has 1 rings (SSSR count). The Morgan fingerprint density at radius 2 is 1.16 bits per heavy atom. The van der Waals surface area contributed by atoms with Gasteiger partial charge in [-0.15, -0.1) is 0 Å². The van der Waals surface area contributed by atoms with Crippen molar-refractivity contribution in [3.8, 4) is 0 Å². The minimum Gasteiger partial charge on any atom is -0.394 e. The first-order chi connectivity index (χ1) is 20.8. The van der Waals surface area contributed by atoms with Gasteiger partial charge in [0.05, 0.1) is 25.4 Å². The molecular formula is C34H67NO8. The zero-order valence-corrected chi connectivity index (χ0v) is 27.5. The van der Waals surface area contributed by atoms with Crippen molar-refractivity contribution >= 4 is 5.91 Å². The summed E-state index contributed by atoms with van der Waals surface area (Å²) < 4.78 is 11.1. The van der Waals surface area contributed by atoms with E-state index in [1.165, 1.54) is 89.9 Å². The maximum absolute atomic E-state index is 12.8. The Labute approximate surface area is 262 Å². The molecule has 0 aromatic heterocycles. The van der Waals surface area contributed by atoms with E-state index < -0.39 is 49.5 Å². The van der Waals surface area contributed by atoms with E-state index in [0.717, 1.165) is 38.5 Å². The number of nitrogens with one attached hydrogen (secondary N) is 1. The fourth-order valence-corrected chi connectivity index (χ4v) is 5.75. The van der Waals surface area contributed by atoms with Crippen molar-refractivity contribution in [3.63, 3.8) is 0 Å². The van der Waals surface area contributed by atoms with Gasteiger partial charge in [-0.05, 0) is 12.8 Å². The predicted octanol–water partition coefficient (Wildman–Crippen LogP) is 5.27. The van der Waals surface area contributed by atoms with Gasteiger partial charge in [0.15, 0.2) is 6.29 Å². The number of amides is 1. The zero-order valence-electron chi connectivity index (χ0n) is 27.5. The van der Waals surface area contributed by atoms with E-state index in [1.807, 2.05) is 0 Å². The molecule has 0 aromatic carbocycles. The van der Waals surface area contributed by atoms with Crippen molar-refractivity contribution in [1.29, 1.82) is 0 Å². The maximum atomic E-state index is 12.8. The zero-order chi connectivity index (χ0) is 31.7. The summed E-state index contributed by atoms with van der Waals surface area (Å²) in [7, 11) is 0. The topological polar surface area (TPSA) is 149 Å². The minimum atomic E-state index is -1.54. The van der Waals surface area contributed by atoms with Crippen LogP contribution in [0.1, 0.15) is 155 Å². The Hall–Kier alpha value is -0.810. The number of aliphatic hydroxyl groups is 5. The Morgan fingerprint density at radius 1 is 0.698 bits per heavy atom. The SMILES string of the molecule is CCCCCCCCCCCCCC(=O)N[C@@H](CO[C@H]1O[C@H](CO)[C@H](O)[C@H](O)[C@H]1O)[C@H](O)CCCCCCCCCCC. The minimum absolute atomic E-state index is 0.134. The third-order valence-electron chi connectivity index (χ3n) is 8.71. The summed E-state index contributed by atoms with van der Waals surface area (Å²) >= 11 is 0. The van der Waals surface area contributed by atoms with Crippen LogP contribution >= 0.6 is 0 Å². The van der Waals surface area contributed by atoms with Gasteiger partial charge in [0.2, 0.25) is 5.91 Å². The molecule has 1 fully saturated rings. The van der Waals surface area contributed by atoms with Crippen LogP contribution in [0.2, 0.25) is 0 Å². The Kier molecular flexibility index (Phi) is 24.7. The van der Waals surface area contributed by atoms with E-state index in [9.17, 15) is 30.3 Å². The normalized spacial score (nSPS) is 23.7. The summed E-state index contributed by atoms with van der Waals surface area (Å²) in [6.07, 6.45) is 16.9. The summed E-state index contributed by atoms with van der Waals surface area (Å²) in [5, 5.41) is 53.8. The molecule has 1 heterocycles. The summed E-state index contributed by atoms with van der Waals surface area (Å²) in [5.41, 5.74) is 0. The molecule has 256 valence electrons. The van der Waals surface area contributed by atoms with Crippen molar-refractivity contribution in [3.05, 3.63) is 0 Å². The van der Waals surface area contributed by atoms with Gasteiger partial charge in [0, 0.05) is 6.42 Å². The smallest absolute Gasteiger partial charge is 0.220 e. The number of hydrogen-bond donors (Lipinski definition) is 6. The maximum Gasteiger partial charge on any atom is 0.220 e. The van der Waals surface area contributed by atoms with Gasteiger partial charge in [0.25, 0.3) is 0 Å². The molecule has 9 nitrogen and oxygen atoms in total.